The lowest BCUT2D eigenvalue weighted by Gasteiger charge is -2.13. The molecule has 0 saturated carbocycles. The number of nitrogens with one attached hydrogen (secondary N) is 3. The number of carbonyl (C=O) groups is 2. The van der Waals surface area contributed by atoms with Crippen LogP contribution in [-0.2, 0) is 4.79 Å². The van der Waals surface area contributed by atoms with Crippen LogP contribution in [0.3, 0.4) is 0 Å². The lowest BCUT2D eigenvalue weighted by atomic mass is 10.1. The summed E-state index contributed by atoms with van der Waals surface area (Å²) in [6.45, 7) is 1.94. The first-order valence-corrected chi connectivity index (χ1v) is 9.95. The normalized spacial score (nSPS) is 10.4. The Hall–Kier alpha value is -2.96. The van der Waals surface area contributed by atoms with Gasteiger partial charge in [0.2, 0.25) is 5.91 Å². The van der Waals surface area contributed by atoms with Crippen molar-refractivity contribution in [2.75, 3.05) is 10.6 Å². The van der Waals surface area contributed by atoms with Gasteiger partial charge < -0.3 is 10.6 Å². The Bertz CT molecular complexity index is 1080. The van der Waals surface area contributed by atoms with Crippen LogP contribution >= 0.6 is 23.8 Å². The van der Waals surface area contributed by atoms with Gasteiger partial charge in [0.05, 0.1) is 10.7 Å². The van der Waals surface area contributed by atoms with Crippen LogP contribution in [0.25, 0.3) is 10.8 Å². The van der Waals surface area contributed by atoms with E-state index in [1.54, 1.807) is 24.3 Å². The monoisotopic (exact) mass is 425 g/mol. The van der Waals surface area contributed by atoms with Gasteiger partial charge >= 0.3 is 0 Å². The minimum absolute atomic E-state index is 0.0760. The van der Waals surface area contributed by atoms with Crippen molar-refractivity contribution >= 4 is 62.9 Å². The number of rotatable bonds is 5. The molecule has 2 amide bonds. The van der Waals surface area contributed by atoms with Crippen molar-refractivity contribution < 1.29 is 9.59 Å². The molecule has 0 unspecified atom stereocenters. The van der Waals surface area contributed by atoms with Crippen LogP contribution in [-0.4, -0.2) is 16.9 Å². The van der Waals surface area contributed by atoms with Gasteiger partial charge in [0.25, 0.3) is 5.91 Å². The Morgan fingerprint density at radius 1 is 0.966 bits per heavy atom. The van der Waals surface area contributed by atoms with E-state index in [0.717, 1.165) is 17.2 Å². The summed E-state index contributed by atoms with van der Waals surface area (Å²) in [6, 6.07) is 18.3. The standard InChI is InChI=1S/C22H20ClN3O2S/c1-2-5-20(27)24-17-10-11-18(23)19(13-17)25-22(29)26-21(28)16-9-8-14-6-3-4-7-15(14)12-16/h3-4,6-13H,2,5H2,1H3,(H,24,27)(H2,25,26,28,29). The van der Waals surface area contributed by atoms with Crippen LogP contribution in [0, 0.1) is 0 Å². The molecule has 0 aromatic heterocycles. The minimum Gasteiger partial charge on any atom is -0.331 e. The molecular formula is C22H20ClN3O2S. The van der Waals surface area contributed by atoms with Crippen molar-refractivity contribution in [3.8, 4) is 0 Å². The second-order valence-corrected chi connectivity index (χ2v) is 7.28. The highest BCUT2D eigenvalue weighted by molar-refractivity contribution is 7.80. The predicted octanol–water partition coefficient (Wildman–Crippen LogP) is 5.36. The number of fused-ring (bicyclic) bond motifs is 1. The van der Waals surface area contributed by atoms with Crippen molar-refractivity contribution in [2.45, 2.75) is 19.8 Å². The maximum Gasteiger partial charge on any atom is 0.257 e. The SMILES string of the molecule is CCCC(=O)Nc1ccc(Cl)c(NC(=S)NC(=O)c2ccc3ccccc3c2)c1. The fraction of sp³-hybridized carbons (Fsp3) is 0.136. The van der Waals surface area contributed by atoms with Crippen LogP contribution < -0.4 is 16.0 Å². The van der Waals surface area contributed by atoms with Crippen LogP contribution in [0.2, 0.25) is 5.02 Å². The molecule has 5 nitrogen and oxygen atoms in total. The average Bonchev–Trinajstić information content (AvgIpc) is 2.70. The van der Waals surface area contributed by atoms with E-state index in [2.05, 4.69) is 16.0 Å². The Labute approximate surface area is 179 Å². The first-order valence-electron chi connectivity index (χ1n) is 9.17. The number of thiocarbonyl (C=S) groups is 1. The lowest BCUT2D eigenvalue weighted by Crippen LogP contribution is -2.34. The lowest BCUT2D eigenvalue weighted by molar-refractivity contribution is -0.116. The molecule has 0 aliphatic heterocycles. The zero-order chi connectivity index (χ0) is 20.8. The average molecular weight is 426 g/mol. The largest absolute Gasteiger partial charge is 0.331 e. The summed E-state index contributed by atoms with van der Waals surface area (Å²) in [5.74, 6) is -0.398. The fourth-order valence-electron chi connectivity index (χ4n) is 2.81. The molecule has 3 aromatic carbocycles. The number of benzene rings is 3. The van der Waals surface area contributed by atoms with E-state index < -0.39 is 0 Å². The number of halogens is 1. The summed E-state index contributed by atoms with van der Waals surface area (Å²) < 4.78 is 0. The molecule has 0 aliphatic rings. The van der Waals surface area contributed by atoms with Crippen LogP contribution in [0.5, 0.6) is 0 Å². The zero-order valence-electron chi connectivity index (χ0n) is 15.8. The van der Waals surface area contributed by atoms with E-state index in [9.17, 15) is 9.59 Å². The van der Waals surface area contributed by atoms with Crippen molar-refractivity contribution in [3.63, 3.8) is 0 Å². The van der Waals surface area contributed by atoms with Crippen LogP contribution in [0.4, 0.5) is 11.4 Å². The highest BCUT2D eigenvalue weighted by atomic mass is 35.5. The number of anilines is 2. The Morgan fingerprint density at radius 3 is 2.48 bits per heavy atom. The van der Waals surface area contributed by atoms with Crippen LogP contribution in [0.1, 0.15) is 30.1 Å². The molecule has 0 fully saturated rings. The second-order valence-electron chi connectivity index (χ2n) is 6.46. The van der Waals surface area contributed by atoms with E-state index in [1.165, 1.54) is 0 Å². The van der Waals surface area contributed by atoms with Crippen molar-refractivity contribution in [3.05, 3.63) is 71.2 Å². The van der Waals surface area contributed by atoms with E-state index in [0.29, 0.717) is 28.4 Å². The molecule has 0 saturated heterocycles. The number of hydrogen-bond donors (Lipinski definition) is 3. The predicted molar refractivity (Wildman–Crippen MR) is 123 cm³/mol. The molecule has 0 radical (unpaired) electrons. The van der Waals surface area contributed by atoms with Crippen molar-refractivity contribution in [1.29, 1.82) is 0 Å². The third-order valence-corrected chi connectivity index (χ3v) is 4.75. The van der Waals surface area contributed by atoms with Gasteiger partial charge in [-0.2, -0.15) is 0 Å². The molecule has 3 rings (SSSR count). The molecule has 0 atom stereocenters. The van der Waals surface area contributed by atoms with Gasteiger partial charge in [-0.25, -0.2) is 0 Å². The molecule has 29 heavy (non-hydrogen) atoms. The maximum absolute atomic E-state index is 12.5. The summed E-state index contributed by atoms with van der Waals surface area (Å²) in [4.78, 5) is 24.3. The molecular weight excluding hydrogens is 406 g/mol. The van der Waals surface area contributed by atoms with Gasteiger partial charge in [0.15, 0.2) is 5.11 Å². The first kappa shape index (κ1) is 20.8. The molecule has 0 heterocycles. The quantitative estimate of drug-likeness (QED) is 0.481. The number of amides is 2. The van der Waals surface area contributed by atoms with Gasteiger partial charge in [-0.05, 0) is 59.7 Å². The van der Waals surface area contributed by atoms with E-state index in [4.69, 9.17) is 23.8 Å². The smallest absolute Gasteiger partial charge is 0.257 e. The summed E-state index contributed by atoms with van der Waals surface area (Å²) >= 11 is 11.5. The molecule has 0 spiro atoms. The number of hydrogen-bond acceptors (Lipinski definition) is 3. The van der Waals surface area contributed by atoms with Gasteiger partial charge in [-0.15, -0.1) is 0 Å². The summed E-state index contributed by atoms with van der Waals surface area (Å²) in [6.07, 6.45) is 1.20. The maximum atomic E-state index is 12.5. The van der Waals surface area contributed by atoms with E-state index in [-0.39, 0.29) is 16.9 Å². The molecule has 0 aliphatic carbocycles. The topological polar surface area (TPSA) is 70.2 Å². The number of carbonyl (C=O) groups excluding carboxylic acids is 2. The molecule has 3 N–H and O–H groups in total. The van der Waals surface area contributed by atoms with Gasteiger partial charge in [-0.1, -0.05) is 48.9 Å². The zero-order valence-corrected chi connectivity index (χ0v) is 17.4. The molecule has 7 heteroatoms. The summed E-state index contributed by atoms with van der Waals surface area (Å²) in [5, 5.41) is 10.9. The molecule has 3 aromatic rings. The highest BCUT2D eigenvalue weighted by Gasteiger charge is 2.11. The fourth-order valence-corrected chi connectivity index (χ4v) is 3.18. The first-order chi connectivity index (χ1) is 14.0. The highest BCUT2D eigenvalue weighted by Crippen LogP contribution is 2.25. The minimum atomic E-state index is -0.322. The van der Waals surface area contributed by atoms with Crippen molar-refractivity contribution in [1.82, 2.24) is 5.32 Å². The summed E-state index contributed by atoms with van der Waals surface area (Å²) in [5.41, 5.74) is 1.59. The van der Waals surface area contributed by atoms with Crippen molar-refractivity contribution in [2.24, 2.45) is 0 Å². The van der Waals surface area contributed by atoms with Crippen LogP contribution in [0.15, 0.2) is 60.7 Å². The third kappa shape index (κ3) is 5.53. The molecule has 0 bridgehead atoms. The Kier molecular flexibility index (Phi) is 6.80. The van der Waals surface area contributed by atoms with E-state index in [1.807, 2.05) is 43.3 Å². The summed E-state index contributed by atoms with van der Waals surface area (Å²) in [7, 11) is 0. The Morgan fingerprint density at radius 2 is 1.72 bits per heavy atom. The second kappa shape index (κ2) is 9.49. The van der Waals surface area contributed by atoms with Gasteiger partial charge in [0.1, 0.15) is 0 Å². The van der Waals surface area contributed by atoms with Gasteiger partial charge in [0, 0.05) is 17.7 Å². The molecule has 148 valence electrons. The Balaban J connectivity index is 1.67. The van der Waals surface area contributed by atoms with Gasteiger partial charge in [-0.3, -0.25) is 14.9 Å². The third-order valence-electron chi connectivity index (χ3n) is 4.21. The van der Waals surface area contributed by atoms with E-state index >= 15 is 0 Å².